The Labute approximate surface area is 135 Å². The largest absolute Gasteiger partial charge is 0.391 e. The minimum atomic E-state index is -0.0756. The van der Waals surface area contributed by atoms with Crippen LogP contribution in [0.5, 0.6) is 0 Å². The Balaban J connectivity index is 1.46. The van der Waals surface area contributed by atoms with Crippen molar-refractivity contribution in [1.82, 2.24) is 10.2 Å². The number of rotatable bonds is 3. The predicted molar refractivity (Wildman–Crippen MR) is 89.7 cm³/mol. The van der Waals surface area contributed by atoms with E-state index in [0.717, 1.165) is 24.3 Å². The van der Waals surface area contributed by atoms with Crippen molar-refractivity contribution >= 4 is 0 Å². The molecule has 4 saturated heterocycles. The van der Waals surface area contributed by atoms with Crippen molar-refractivity contribution in [3.8, 4) is 0 Å². The SMILES string of the molecule is CC[C@H]1CN2CC[C@H]1C[C@H]2[C@H](O)[C@H]1CCNC2CCCCC21. The zero-order valence-electron chi connectivity index (χ0n) is 14.2. The van der Waals surface area contributed by atoms with E-state index < -0.39 is 0 Å². The molecule has 0 aromatic rings. The molecule has 3 unspecified atom stereocenters. The van der Waals surface area contributed by atoms with E-state index in [1.54, 1.807) is 0 Å². The van der Waals surface area contributed by atoms with Crippen molar-refractivity contribution in [2.45, 2.75) is 76.5 Å². The third-order valence-electron chi connectivity index (χ3n) is 7.55. The third-order valence-corrected chi connectivity index (χ3v) is 7.55. The molecule has 0 aromatic heterocycles. The van der Waals surface area contributed by atoms with Crippen molar-refractivity contribution in [3.05, 3.63) is 0 Å². The number of aliphatic hydroxyl groups excluding tert-OH is 1. The number of nitrogens with one attached hydrogen (secondary N) is 1. The summed E-state index contributed by atoms with van der Waals surface area (Å²) in [6.07, 6.45) is 10.5. The molecule has 126 valence electrons. The molecule has 4 aliphatic heterocycles. The van der Waals surface area contributed by atoms with Crippen LogP contribution in [-0.2, 0) is 0 Å². The van der Waals surface area contributed by atoms with Gasteiger partial charge < -0.3 is 10.4 Å². The van der Waals surface area contributed by atoms with Crippen LogP contribution in [0.2, 0.25) is 0 Å². The summed E-state index contributed by atoms with van der Waals surface area (Å²) < 4.78 is 0. The molecule has 5 fully saturated rings. The van der Waals surface area contributed by atoms with Gasteiger partial charge in [0, 0.05) is 18.6 Å². The van der Waals surface area contributed by atoms with Gasteiger partial charge in [-0.15, -0.1) is 0 Å². The van der Waals surface area contributed by atoms with E-state index in [4.69, 9.17) is 0 Å². The lowest BCUT2D eigenvalue weighted by Crippen LogP contribution is -2.61. The first-order valence-electron chi connectivity index (χ1n) is 9.93. The lowest BCUT2D eigenvalue weighted by molar-refractivity contribution is -0.0924. The fraction of sp³-hybridized carbons (Fsp3) is 1.00. The normalized spacial score (nSPS) is 49.6. The van der Waals surface area contributed by atoms with Crippen LogP contribution >= 0.6 is 0 Å². The molecule has 4 heterocycles. The maximum absolute atomic E-state index is 11.2. The molecule has 0 spiro atoms. The lowest BCUT2D eigenvalue weighted by atomic mass is 9.66. The highest BCUT2D eigenvalue weighted by Crippen LogP contribution is 2.43. The zero-order valence-corrected chi connectivity index (χ0v) is 14.2. The molecule has 1 aliphatic carbocycles. The van der Waals surface area contributed by atoms with Gasteiger partial charge in [0.15, 0.2) is 0 Å². The van der Waals surface area contributed by atoms with E-state index in [9.17, 15) is 5.11 Å². The molecule has 2 bridgehead atoms. The van der Waals surface area contributed by atoms with Crippen LogP contribution in [0, 0.1) is 23.7 Å². The van der Waals surface area contributed by atoms with Gasteiger partial charge in [0.05, 0.1) is 6.10 Å². The second kappa shape index (κ2) is 6.41. The Bertz CT molecular complexity index is 386. The third kappa shape index (κ3) is 2.63. The summed E-state index contributed by atoms with van der Waals surface area (Å²) in [5, 5.41) is 15.0. The minimum Gasteiger partial charge on any atom is -0.391 e. The second-order valence-electron chi connectivity index (χ2n) is 8.47. The fourth-order valence-electron chi connectivity index (χ4n) is 6.28. The highest BCUT2D eigenvalue weighted by atomic mass is 16.3. The Morgan fingerprint density at radius 2 is 2.05 bits per heavy atom. The van der Waals surface area contributed by atoms with Crippen molar-refractivity contribution in [1.29, 1.82) is 0 Å². The monoisotopic (exact) mass is 306 g/mol. The summed E-state index contributed by atoms with van der Waals surface area (Å²) in [7, 11) is 0. The van der Waals surface area contributed by atoms with Gasteiger partial charge in [-0.25, -0.2) is 0 Å². The first kappa shape index (κ1) is 15.4. The maximum atomic E-state index is 11.2. The van der Waals surface area contributed by atoms with E-state index in [2.05, 4.69) is 17.1 Å². The Morgan fingerprint density at radius 1 is 1.18 bits per heavy atom. The molecular formula is C19H34N2O. The highest BCUT2D eigenvalue weighted by Gasteiger charge is 2.47. The van der Waals surface area contributed by atoms with E-state index >= 15 is 0 Å². The number of piperidine rings is 4. The van der Waals surface area contributed by atoms with Gasteiger partial charge in [-0.3, -0.25) is 4.90 Å². The van der Waals surface area contributed by atoms with Crippen LogP contribution in [-0.4, -0.2) is 47.8 Å². The first-order chi connectivity index (χ1) is 10.8. The topological polar surface area (TPSA) is 35.5 Å². The van der Waals surface area contributed by atoms with Gasteiger partial charge in [0.1, 0.15) is 0 Å². The molecule has 3 heteroatoms. The van der Waals surface area contributed by atoms with Gasteiger partial charge in [-0.1, -0.05) is 26.2 Å². The van der Waals surface area contributed by atoms with E-state index in [1.165, 1.54) is 64.5 Å². The molecule has 8 atom stereocenters. The average molecular weight is 306 g/mol. The highest BCUT2D eigenvalue weighted by molar-refractivity contribution is 5.00. The molecule has 3 nitrogen and oxygen atoms in total. The van der Waals surface area contributed by atoms with E-state index in [1.807, 2.05) is 0 Å². The number of hydrogen-bond acceptors (Lipinski definition) is 3. The van der Waals surface area contributed by atoms with Crippen molar-refractivity contribution in [2.75, 3.05) is 19.6 Å². The molecule has 0 amide bonds. The molecular weight excluding hydrogens is 272 g/mol. The van der Waals surface area contributed by atoms with E-state index in [0.29, 0.717) is 18.0 Å². The first-order valence-corrected chi connectivity index (χ1v) is 9.93. The Hall–Kier alpha value is -0.120. The zero-order chi connectivity index (χ0) is 15.1. The summed E-state index contributed by atoms with van der Waals surface area (Å²) in [4.78, 5) is 2.65. The van der Waals surface area contributed by atoms with Crippen LogP contribution in [0.4, 0.5) is 0 Å². The van der Waals surface area contributed by atoms with E-state index in [-0.39, 0.29) is 6.10 Å². The maximum Gasteiger partial charge on any atom is 0.0727 e. The fourth-order valence-corrected chi connectivity index (χ4v) is 6.28. The number of nitrogens with zero attached hydrogens (tertiary/aromatic N) is 1. The number of fused-ring (bicyclic) bond motifs is 4. The van der Waals surface area contributed by atoms with Gasteiger partial charge in [-0.05, 0) is 68.9 Å². The summed E-state index contributed by atoms with van der Waals surface area (Å²) in [5.74, 6) is 3.07. The van der Waals surface area contributed by atoms with Gasteiger partial charge in [0.2, 0.25) is 0 Å². The summed E-state index contributed by atoms with van der Waals surface area (Å²) in [5.41, 5.74) is 0. The molecule has 0 aromatic carbocycles. The molecule has 1 saturated carbocycles. The van der Waals surface area contributed by atoms with Crippen molar-refractivity contribution in [3.63, 3.8) is 0 Å². The molecule has 5 aliphatic rings. The van der Waals surface area contributed by atoms with Crippen LogP contribution in [0.3, 0.4) is 0 Å². The smallest absolute Gasteiger partial charge is 0.0727 e. The van der Waals surface area contributed by atoms with Gasteiger partial charge >= 0.3 is 0 Å². The molecule has 22 heavy (non-hydrogen) atoms. The van der Waals surface area contributed by atoms with Crippen LogP contribution in [0.1, 0.15) is 58.3 Å². The molecule has 5 rings (SSSR count). The molecule has 2 N–H and O–H groups in total. The Kier molecular flexibility index (Phi) is 4.49. The second-order valence-corrected chi connectivity index (χ2v) is 8.47. The summed E-state index contributed by atoms with van der Waals surface area (Å²) >= 11 is 0. The van der Waals surface area contributed by atoms with Crippen LogP contribution in [0.25, 0.3) is 0 Å². The van der Waals surface area contributed by atoms with Gasteiger partial charge in [-0.2, -0.15) is 0 Å². The Morgan fingerprint density at radius 3 is 2.82 bits per heavy atom. The van der Waals surface area contributed by atoms with Crippen molar-refractivity contribution in [2.24, 2.45) is 23.7 Å². The average Bonchev–Trinajstić information content (AvgIpc) is 2.60. The number of hydrogen-bond donors (Lipinski definition) is 2. The van der Waals surface area contributed by atoms with Crippen molar-refractivity contribution < 1.29 is 5.11 Å². The van der Waals surface area contributed by atoms with Gasteiger partial charge in [0.25, 0.3) is 0 Å². The standard InChI is InChI=1S/C19H34N2O/c1-2-13-12-21-10-8-14(13)11-18(21)19(22)16-7-9-20-17-6-4-3-5-15(16)17/h13-20,22H,2-12H2,1H3/t13-,14-,15?,16-,17?,18-,19+/m0/s1. The minimum absolute atomic E-state index is 0.0756. The predicted octanol–water partition coefficient (Wildman–Crippen LogP) is 2.64. The molecule has 0 radical (unpaired) electrons. The summed E-state index contributed by atoms with van der Waals surface area (Å²) in [6, 6.07) is 1.16. The summed E-state index contributed by atoms with van der Waals surface area (Å²) in [6.45, 7) is 5.96. The van der Waals surface area contributed by atoms with Crippen LogP contribution in [0.15, 0.2) is 0 Å². The number of aliphatic hydroxyl groups is 1. The van der Waals surface area contributed by atoms with Crippen LogP contribution < -0.4 is 5.32 Å². The quantitative estimate of drug-likeness (QED) is 0.841. The lowest BCUT2D eigenvalue weighted by Gasteiger charge is -2.54.